The zero-order chi connectivity index (χ0) is 11.1. The third-order valence-electron chi connectivity index (χ3n) is 3.08. The number of nitrogens with one attached hydrogen (secondary N) is 1. The molecule has 0 radical (unpaired) electrons. The predicted octanol–water partition coefficient (Wildman–Crippen LogP) is 2.41. The van der Waals surface area contributed by atoms with E-state index in [1.165, 1.54) is 0 Å². The molecule has 1 saturated carbocycles. The topological polar surface area (TPSA) is 29.1 Å². The van der Waals surface area contributed by atoms with Crippen molar-refractivity contribution in [2.45, 2.75) is 50.7 Å². The minimum absolute atomic E-state index is 0.152. The third-order valence-corrected chi connectivity index (χ3v) is 4.23. The van der Waals surface area contributed by atoms with E-state index in [1.807, 2.05) is 20.8 Å². The molecule has 1 aliphatic carbocycles. The highest BCUT2D eigenvalue weighted by atomic mass is 79.9. The zero-order valence-electron chi connectivity index (χ0n) is 9.03. The van der Waals surface area contributed by atoms with Crippen molar-refractivity contribution in [2.24, 2.45) is 5.41 Å². The summed E-state index contributed by atoms with van der Waals surface area (Å²) in [6.07, 6.45) is -0.616. The fourth-order valence-electron chi connectivity index (χ4n) is 1.08. The van der Waals surface area contributed by atoms with Crippen molar-refractivity contribution in [1.82, 2.24) is 5.32 Å². The van der Waals surface area contributed by atoms with Crippen LogP contribution in [0.15, 0.2) is 0 Å². The third kappa shape index (κ3) is 2.10. The van der Waals surface area contributed by atoms with Crippen LogP contribution in [0.1, 0.15) is 34.1 Å². The average molecular weight is 266 g/mol. The van der Waals surface area contributed by atoms with E-state index in [0.29, 0.717) is 6.42 Å². The minimum atomic E-state index is -0.969. The van der Waals surface area contributed by atoms with Crippen molar-refractivity contribution in [2.75, 3.05) is 0 Å². The SMILES string of the molecule is CC(Br)C(C)(C)NC(=O)C1(C)CC1F. The van der Waals surface area contributed by atoms with Gasteiger partial charge in [-0.05, 0) is 27.2 Å². The molecule has 3 atom stereocenters. The molecular weight excluding hydrogens is 249 g/mol. The van der Waals surface area contributed by atoms with Crippen molar-refractivity contribution >= 4 is 21.8 Å². The van der Waals surface area contributed by atoms with Gasteiger partial charge in [-0.2, -0.15) is 0 Å². The summed E-state index contributed by atoms with van der Waals surface area (Å²) in [5.74, 6) is -0.179. The van der Waals surface area contributed by atoms with E-state index in [1.54, 1.807) is 6.92 Å². The molecule has 0 aromatic heterocycles. The van der Waals surface area contributed by atoms with E-state index in [-0.39, 0.29) is 16.3 Å². The van der Waals surface area contributed by atoms with Gasteiger partial charge >= 0.3 is 0 Å². The first kappa shape index (κ1) is 12.0. The molecule has 0 aromatic rings. The second-order valence-corrected chi connectivity index (χ2v) is 6.25. The van der Waals surface area contributed by atoms with Crippen LogP contribution in [0.4, 0.5) is 4.39 Å². The molecule has 1 amide bonds. The van der Waals surface area contributed by atoms with E-state index in [0.717, 1.165) is 0 Å². The van der Waals surface area contributed by atoms with Crippen LogP contribution in [0.5, 0.6) is 0 Å². The first-order chi connectivity index (χ1) is 6.20. The molecule has 82 valence electrons. The lowest BCUT2D eigenvalue weighted by Gasteiger charge is -2.30. The van der Waals surface area contributed by atoms with E-state index in [9.17, 15) is 9.18 Å². The number of alkyl halides is 2. The van der Waals surface area contributed by atoms with Gasteiger partial charge in [-0.25, -0.2) is 4.39 Å². The molecule has 4 heteroatoms. The fourth-order valence-corrected chi connectivity index (χ4v) is 1.20. The number of hydrogen-bond donors (Lipinski definition) is 1. The summed E-state index contributed by atoms with van der Waals surface area (Å²) in [5, 5.41) is 2.86. The number of amides is 1. The molecule has 14 heavy (non-hydrogen) atoms. The van der Waals surface area contributed by atoms with E-state index in [2.05, 4.69) is 21.2 Å². The van der Waals surface area contributed by atoms with E-state index in [4.69, 9.17) is 0 Å². The van der Waals surface area contributed by atoms with Gasteiger partial charge in [0.2, 0.25) is 5.91 Å². The quantitative estimate of drug-likeness (QED) is 0.781. The second kappa shape index (κ2) is 3.47. The Kier molecular flexibility index (Phi) is 2.96. The maximum Gasteiger partial charge on any atom is 0.229 e. The average Bonchev–Trinajstić information content (AvgIpc) is 2.60. The van der Waals surface area contributed by atoms with E-state index < -0.39 is 11.6 Å². The van der Waals surface area contributed by atoms with Crippen LogP contribution in [0.25, 0.3) is 0 Å². The largest absolute Gasteiger partial charge is 0.350 e. The van der Waals surface area contributed by atoms with Gasteiger partial charge in [0.15, 0.2) is 0 Å². The van der Waals surface area contributed by atoms with Crippen molar-refractivity contribution in [3.8, 4) is 0 Å². The van der Waals surface area contributed by atoms with Crippen molar-refractivity contribution < 1.29 is 9.18 Å². The molecule has 0 bridgehead atoms. The van der Waals surface area contributed by atoms with Gasteiger partial charge < -0.3 is 5.32 Å². The molecule has 3 unspecified atom stereocenters. The molecule has 0 aromatic carbocycles. The smallest absolute Gasteiger partial charge is 0.229 e. The number of carbonyl (C=O) groups excluding carboxylic acids is 1. The number of rotatable bonds is 3. The molecular formula is C10H17BrFNO. The molecule has 0 spiro atoms. The Hall–Kier alpha value is -0.120. The Morgan fingerprint density at radius 3 is 2.43 bits per heavy atom. The van der Waals surface area contributed by atoms with Crippen molar-refractivity contribution in [3.05, 3.63) is 0 Å². The standard InChI is InChI=1S/C10H17BrFNO/c1-6(11)9(2,3)13-8(14)10(4)5-7(10)12/h6-7H,5H2,1-4H3,(H,13,14). The Labute approximate surface area is 92.8 Å². The monoisotopic (exact) mass is 265 g/mol. The Bertz CT molecular complexity index is 255. The number of carbonyl (C=O) groups is 1. The molecule has 1 aliphatic rings. The van der Waals surface area contributed by atoms with Gasteiger partial charge in [-0.1, -0.05) is 22.9 Å². The number of hydrogen-bond acceptors (Lipinski definition) is 1. The minimum Gasteiger partial charge on any atom is -0.350 e. The highest BCUT2D eigenvalue weighted by Gasteiger charge is 2.58. The summed E-state index contributed by atoms with van der Waals surface area (Å²) in [6.45, 7) is 7.47. The van der Waals surface area contributed by atoms with Gasteiger partial charge in [-0.3, -0.25) is 4.79 Å². The van der Waals surface area contributed by atoms with Crippen LogP contribution in [-0.2, 0) is 4.79 Å². The van der Waals surface area contributed by atoms with Crippen LogP contribution < -0.4 is 5.32 Å². The summed E-state index contributed by atoms with van der Waals surface area (Å²) in [5.41, 5.74) is -1.12. The fraction of sp³-hybridized carbons (Fsp3) is 0.900. The lowest BCUT2D eigenvalue weighted by Crippen LogP contribution is -2.51. The zero-order valence-corrected chi connectivity index (χ0v) is 10.6. The predicted molar refractivity (Wildman–Crippen MR) is 58.2 cm³/mol. The second-order valence-electron chi connectivity index (χ2n) is 4.88. The van der Waals surface area contributed by atoms with Crippen LogP contribution in [0.3, 0.4) is 0 Å². The Morgan fingerprint density at radius 2 is 2.14 bits per heavy atom. The maximum absolute atomic E-state index is 12.9. The van der Waals surface area contributed by atoms with Gasteiger partial charge in [-0.15, -0.1) is 0 Å². The Balaban J connectivity index is 2.58. The molecule has 0 aliphatic heterocycles. The van der Waals surface area contributed by atoms with Crippen molar-refractivity contribution in [3.63, 3.8) is 0 Å². The molecule has 0 saturated heterocycles. The highest BCUT2D eigenvalue weighted by Crippen LogP contribution is 2.48. The van der Waals surface area contributed by atoms with Gasteiger partial charge in [0, 0.05) is 10.4 Å². The summed E-state index contributed by atoms with van der Waals surface area (Å²) < 4.78 is 12.9. The highest BCUT2D eigenvalue weighted by molar-refractivity contribution is 9.09. The van der Waals surface area contributed by atoms with Crippen LogP contribution in [-0.4, -0.2) is 22.4 Å². The summed E-state index contributed by atoms with van der Waals surface area (Å²) in [4.78, 5) is 11.8. The van der Waals surface area contributed by atoms with Gasteiger partial charge in [0.25, 0.3) is 0 Å². The summed E-state index contributed by atoms with van der Waals surface area (Å²) in [6, 6.07) is 0. The van der Waals surface area contributed by atoms with Crippen molar-refractivity contribution in [1.29, 1.82) is 0 Å². The summed E-state index contributed by atoms with van der Waals surface area (Å²) in [7, 11) is 0. The molecule has 0 heterocycles. The Morgan fingerprint density at radius 1 is 1.71 bits per heavy atom. The maximum atomic E-state index is 12.9. The number of halogens is 2. The van der Waals surface area contributed by atoms with Crippen LogP contribution in [0.2, 0.25) is 0 Å². The molecule has 1 N–H and O–H groups in total. The first-order valence-electron chi connectivity index (χ1n) is 4.81. The van der Waals surface area contributed by atoms with Gasteiger partial charge in [0.1, 0.15) is 6.17 Å². The normalized spacial score (nSPS) is 33.7. The lowest BCUT2D eigenvalue weighted by molar-refractivity contribution is -0.128. The first-order valence-corrected chi connectivity index (χ1v) is 5.72. The van der Waals surface area contributed by atoms with E-state index >= 15 is 0 Å². The van der Waals surface area contributed by atoms with Crippen LogP contribution >= 0.6 is 15.9 Å². The lowest BCUT2D eigenvalue weighted by atomic mass is 9.99. The van der Waals surface area contributed by atoms with Gasteiger partial charge in [0.05, 0.1) is 5.41 Å². The molecule has 1 rings (SSSR count). The molecule has 1 fully saturated rings. The van der Waals surface area contributed by atoms with Crippen LogP contribution in [0, 0.1) is 5.41 Å². The molecule has 2 nitrogen and oxygen atoms in total. The summed E-state index contributed by atoms with van der Waals surface area (Å²) >= 11 is 3.42.